The van der Waals surface area contributed by atoms with Gasteiger partial charge < -0.3 is 10.5 Å². The average Bonchev–Trinajstić information content (AvgIpc) is 2.29. The van der Waals surface area contributed by atoms with Crippen molar-refractivity contribution < 1.29 is 8.95 Å². The van der Waals surface area contributed by atoms with Gasteiger partial charge in [0.25, 0.3) is 0 Å². The van der Waals surface area contributed by atoms with Gasteiger partial charge in [-0.2, -0.15) is 0 Å². The summed E-state index contributed by atoms with van der Waals surface area (Å²) in [6, 6.07) is 7.29. The number of benzene rings is 1. The molecule has 1 aliphatic rings. The second-order valence-corrected chi connectivity index (χ2v) is 5.44. The van der Waals surface area contributed by atoms with Crippen molar-refractivity contribution >= 4 is 16.5 Å². The lowest BCUT2D eigenvalue weighted by Gasteiger charge is -2.21. The highest BCUT2D eigenvalue weighted by Crippen LogP contribution is 2.20. The molecule has 1 aliphatic heterocycles. The minimum absolute atomic E-state index is 0.126. The van der Waals surface area contributed by atoms with E-state index >= 15 is 0 Å². The molecule has 82 valence electrons. The van der Waals surface area contributed by atoms with Crippen LogP contribution in [0, 0.1) is 0 Å². The van der Waals surface area contributed by atoms with E-state index < -0.39 is 10.8 Å². The minimum atomic E-state index is -0.985. The fraction of sp³-hybridized carbons (Fsp3) is 0.455. The van der Waals surface area contributed by atoms with Gasteiger partial charge >= 0.3 is 0 Å². The van der Waals surface area contributed by atoms with Gasteiger partial charge in [-0.1, -0.05) is 6.07 Å². The first-order valence-corrected chi connectivity index (χ1v) is 6.32. The van der Waals surface area contributed by atoms with Crippen molar-refractivity contribution in [2.75, 3.05) is 18.9 Å². The molecule has 4 heteroatoms. The topological polar surface area (TPSA) is 52.3 Å². The van der Waals surface area contributed by atoms with Crippen molar-refractivity contribution in [3.05, 3.63) is 24.3 Å². The average molecular weight is 225 g/mol. The Hall–Kier alpha value is -0.870. The third-order valence-corrected chi connectivity index (χ3v) is 4.21. The van der Waals surface area contributed by atoms with Crippen LogP contribution in [0.5, 0.6) is 0 Å². The second kappa shape index (κ2) is 4.77. The van der Waals surface area contributed by atoms with Gasteiger partial charge in [-0.15, -0.1) is 0 Å². The Morgan fingerprint density at radius 1 is 1.47 bits per heavy atom. The first-order valence-electron chi connectivity index (χ1n) is 5.11. The molecular formula is C11H15NO2S. The highest BCUT2D eigenvalue weighted by Gasteiger charge is 2.21. The van der Waals surface area contributed by atoms with Crippen molar-refractivity contribution in [2.24, 2.45) is 0 Å². The fourth-order valence-electron chi connectivity index (χ4n) is 1.71. The summed E-state index contributed by atoms with van der Waals surface area (Å²) in [5.41, 5.74) is 6.32. The lowest BCUT2D eigenvalue weighted by atomic mass is 10.2. The Kier molecular flexibility index (Phi) is 3.38. The van der Waals surface area contributed by atoms with Crippen LogP contribution in [0.2, 0.25) is 0 Å². The number of hydrogen-bond donors (Lipinski definition) is 1. The number of nitrogen functional groups attached to an aromatic ring is 1. The van der Waals surface area contributed by atoms with E-state index in [4.69, 9.17) is 10.5 Å². The Morgan fingerprint density at radius 3 is 3.00 bits per heavy atom. The number of rotatable bonds is 2. The largest absolute Gasteiger partial charge is 0.399 e. The summed E-state index contributed by atoms with van der Waals surface area (Å²) in [6.07, 6.45) is 1.97. The number of nitrogens with two attached hydrogens (primary N) is 1. The Labute approximate surface area is 92.1 Å². The minimum Gasteiger partial charge on any atom is -0.399 e. The van der Waals surface area contributed by atoms with Crippen molar-refractivity contribution in [2.45, 2.75) is 23.0 Å². The first kappa shape index (κ1) is 10.6. The fourth-order valence-corrected chi connectivity index (χ4v) is 3.16. The SMILES string of the molecule is Nc1cccc(S(=O)C2CCCOC2)c1. The number of hydrogen-bond acceptors (Lipinski definition) is 3. The predicted molar refractivity (Wildman–Crippen MR) is 61.1 cm³/mol. The molecule has 3 nitrogen and oxygen atoms in total. The zero-order valence-corrected chi connectivity index (χ0v) is 9.33. The lowest BCUT2D eigenvalue weighted by Crippen LogP contribution is -2.26. The maximum atomic E-state index is 12.1. The molecule has 2 unspecified atom stereocenters. The zero-order valence-electron chi connectivity index (χ0n) is 8.52. The summed E-state index contributed by atoms with van der Waals surface area (Å²) in [4.78, 5) is 0.811. The molecule has 2 atom stereocenters. The van der Waals surface area contributed by atoms with Gasteiger partial charge in [0.1, 0.15) is 0 Å². The van der Waals surface area contributed by atoms with E-state index in [0.717, 1.165) is 24.3 Å². The van der Waals surface area contributed by atoms with E-state index in [2.05, 4.69) is 0 Å². The zero-order chi connectivity index (χ0) is 10.7. The third kappa shape index (κ3) is 2.58. The molecule has 0 saturated carbocycles. The molecule has 2 rings (SSSR count). The van der Waals surface area contributed by atoms with Crippen LogP contribution in [-0.4, -0.2) is 22.7 Å². The first-order chi connectivity index (χ1) is 7.27. The third-order valence-electron chi connectivity index (χ3n) is 2.51. The van der Waals surface area contributed by atoms with E-state index in [1.165, 1.54) is 0 Å². The van der Waals surface area contributed by atoms with Gasteiger partial charge in [0.15, 0.2) is 0 Å². The molecule has 0 spiro atoms. The molecule has 0 aromatic heterocycles. The van der Waals surface area contributed by atoms with E-state index in [-0.39, 0.29) is 5.25 Å². The smallest absolute Gasteiger partial charge is 0.0629 e. The second-order valence-electron chi connectivity index (χ2n) is 3.71. The molecule has 1 aromatic rings. The molecule has 1 aromatic carbocycles. The molecule has 0 aliphatic carbocycles. The van der Waals surface area contributed by atoms with Crippen molar-refractivity contribution in [1.29, 1.82) is 0 Å². The normalized spacial score (nSPS) is 23.6. The van der Waals surface area contributed by atoms with Gasteiger partial charge in [0.2, 0.25) is 0 Å². The van der Waals surface area contributed by atoms with Gasteiger partial charge in [-0.05, 0) is 31.0 Å². The van der Waals surface area contributed by atoms with Crippen LogP contribution in [0.3, 0.4) is 0 Å². The van der Waals surface area contributed by atoms with Crippen LogP contribution in [0.15, 0.2) is 29.2 Å². The summed E-state index contributed by atoms with van der Waals surface area (Å²) in [5, 5.41) is 0.126. The van der Waals surface area contributed by atoms with Crippen LogP contribution in [0.1, 0.15) is 12.8 Å². The molecular weight excluding hydrogens is 210 g/mol. The Bertz CT molecular complexity index is 361. The van der Waals surface area contributed by atoms with Crippen LogP contribution >= 0.6 is 0 Å². The van der Waals surface area contributed by atoms with Gasteiger partial charge in [-0.3, -0.25) is 4.21 Å². The summed E-state index contributed by atoms with van der Waals surface area (Å²) >= 11 is 0. The van der Waals surface area contributed by atoms with Crippen molar-refractivity contribution in [3.63, 3.8) is 0 Å². The van der Waals surface area contributed by atoms with Gasteiger partial charge in [-0.25, -0.2) is 0 Å². The van der Waals surface area contributed by atoms with Gasteiger partial charge in [0, 0.05) is 17.2 Å². The highest BCUT2D eigenvalue weighted by atomic mass is 32.2. The summed E-state index contributed by atoms with van der Waals surface area (Å²) in [7, 11) is -0.985. The Morgan fingerprint density at radius 2 is 2.33 bits per heavy atom. The van der Waals surface area contributed by atoms with E-state index in [1.807, 2.05) is 12.1 Å². The molecule has 0 amide bonds. The summed E-state index contributed by atoms with van der Waals surface area (Å²) in [5.74, 6) is 0. The van der Waals surface area contributed by atoms with E-state index in [1.54, 1.807) is 12.1 Å². The maximum absolute atomic E-state index is 12.1. The van der Waals surface area contributed by atoms with E-state index in [9.17, 15) is 4.21 Å². The molecule has 0 radical (unpaired) electrons. The summed E-state index contributed by atoms with van der Waals surface area (Å²) in [6.45, 7) is 1.39. The molecule has 0 bridgehead atoms. The molecule has 15 heavy (non-hydrogen) atoms. The predicted octanol–water partition coefficient (Wildman–Crippen LogP) is 1.56. The van der Waals surface area contributed by atoms with Gasteiger partial charge in [0.05, 0.1) is 22.7 Å². The molecule has 1 heterocycles. The van der Waals surface area contributed by atoms with Crippen LogP contribution in [0.4, 0.5) is 5.69 Å². The standard InChI is InChI=1S/C11H15NO2S/c12-9-3-1-4-10(7-9)15(13)11-5-2-6-14-8-11/h1,3-4,7,11H,2,5-6,8,12H2. The van der Waals surface area contributed by atoms with Crippen molar-refractivity contribution in [3.8, 4) is 0 Å². The van der Waals surface area contributed by atoms with Crippen LogP contribution in [-0.2, 0) is 15.5 Å². The monoisotopic (exact) mass is 225 g/mol. The quantitative estimate of drug-likeness (QED) is 0.777. The molecule has 1 fully saturated rings. The summed E-state index contributed by atoms with van der Waals surface area (Å²) < 4.78 is 17.5. The number of anilines is 1. The molecule has 1 saturated heterocycles. The molecule has 2 N–H and O–H groups in total. The number of ether oxygens (including phenoxy) is 1. The lowest BCUT2D eigenvalue weighted by molar-refractivity contribution is 0.100. The highest BCUT2D eigenvalue weighted by molar-refractivity contribution is 7.85. The van der Waals surface area contributed by atoms with Crippen LogP contribution in [0.25, 0.3) is 0 Å². The maximum Gasteiger partial charge on any atom is 0.0629 e. The van der Waals surface area contributed by atoms with E-state index in [0.29, 0.717) is 12.3 Å². The van der Waals surface area contributed by atoms with Crippen molar-refractivity contribution in [1.82, 2.24) is 0 Å². The Balaban J connectivity index is 2.12. The van der Waals surface area contributed by atoms with Crippen LogP contribution < -0.4 is 5.73 Å².